The van der Waals surface area contributed by atoms with Crippen LogP contribution in [0.2, 0.25) is 0 Å². The summed E-state index contributed by atoms with van der Waals surface area (Å²) in [5.74, 6) is -5.24. The van der Waals surface area contributed by atoms with E-state index in [2.05, 4.69) is 5.32 Å². The lowest BCUT2D eigenvalue weighted by molar-refractivity contribution is -0.321. The summed E-state index contributed by atoms with van der Waals surface area (Å²) in [7, 11) is 0. The van der Waals surface area contributed by atoms with Crippen LogP contribution in [0, 0.1) is 17.3 Å². The van der Waals surface area contributed by atoms with Gasteiger partial charge in [-0.25, -0.2) is 9.59 Å². The van der Waals surface area contributed by atoms with Crippen LogP contribution in [0.25, 0.3) is 0 Å². The van der Waals surface area contributed by atoms with Crippen molar-refractivity contribution in [2.45, 2.75) is 140 Å². The largest absolute Gasteiger partial charge is 0.458 e. The number of hydrogen-bond donors (Lipinski definition) is 6. The van der Waals surface area contributed by atoms with Gasteiger partial charge in [-0.05, 0) is 69.2 Å². The molecule has 3 saturated carbocycles. The molecule has 2 aromatic carbocycles. The maximum Gasteiger partial charge on any atom is 0.408 e. The number of aliphatic hydroxyl groups is 5. The molecule has 0 aliphatic heterocycles. The SMILES string of the molecule is CC(=O)O[C@@]12CC[C@@H]1C[C@H](O)[C@@]1(O)C(=O)[C@H](O)C3=C(C)[C@@H](OC(=O)[C@H](O)[C@@H](NC(=O)OC(C)(C)C)c4ccccc4)C[C@@](O)([C@@H](OCc4ccccc4)C12)C3(C)C. The first-order valence-corrected chi connectivity index (χ1v) is 19.4. The number of aliphatic hydroxyl groups excluding tert-OH is 3. The molecule has 14 nitrogen and oxygen atoms in total. The monoisotopic (exact) mass is 793 g/mol. The smallest absolute Gasteiger partial charge is 0.408 e. The Balaban J connectivity index is 1.46. The number of alkyl carbamates (subject to hydrolysis) is 1. The number of ether oxygens (including phenoxy) is 4. The molecule has 1 unspecified atom stereocenters. The van der Waals surface area contributed by atoms with Crippen LogP contribution in [0.4, 0.5) is 4.79 Å². The van der Waals surface area contributed by atoms with Gasteiger partial charge in [0.05, 0.1) is 30.8 Å². The number of nitrogens with one attached hydrogen (secondary N) is 1. The quantitative estimate of drug-likeness (QED) is 0.122. The summed E-state index contributed by atoms with van der Waals surface area (Å²) in [5.41, 5.74) is -7.91. The Kier molecular flexibility index (Phi) is 11.3. The van der Waals surface area contributed by atoms with Gasteiger partial charge in [-0.1, -0.05) is 74.5 Å². The number of ketones is 1. The minimum Gasteiger partial charge on any atom is -0.458 e. The minimum atomic E-state index is -2.76. The van der Waals surface area contributed by atoms with Crippen LogP contribution in [-0.4, -0.2) is 102 Å². The molecule has 0 saturated heterocycles. The maximum atomic E-state index is 14.7. The van der Waals surface area contributed by atoms with Crippen LogP contribution in [0.1, 0.15) is 91.3 Å². The third-order valence-electron chi connectivity index (χ3n) is 12.7. The van der Waals surface area contributed by atoms with Crippen molar-refractivity contribution in [3.8, 4) is 0 Å². The van der Waals surface area contributed by atoms with Crippen molar-refractivity contribution >= 4 is 23.8 Å². The van der Waals surface area contributed by atoms with Crippen LogP contribution in [0.3, 0.4) is 0 Å². The van der Waals surface area contributed by atoms with Crippen LogP contribution >= 0.6 is 0 Å². The van der Waals surface area contributed by atoms with E-state index in [1.807, 2.05) is 0 Å². The average molecular weight is 794 g/mol. The number of carbonyl (C=O) groups is 4. The zero-order valence-electron chi connectivity index (χ0n) is 33.4. The molecule has 57 heavy (non-hydrogen) atoms. The van der Waals surface area contributed by atoms with E-state index in [9.17, 15) is 44.7 Å². The van der Waals surface area contributed by atoms with Gasteiger partial charge in [0.15, 0.2) is 17.5 Å². The van der Waals surface area contributed by atoms with E-state index in [-0.39, 0.29) is 30.6 Å². The van der Waals surface area contributed by atoms with Gasteiger partial charge in [0.25, 0.3) is 0 Å². The van der Waals surface area contributed by atoms with Crippen molar-refractivity contribution in [2.75, 3.05) is 0 Å². The maximum absolute atomic E-state index is 14.7. The van der Waals surface area contributed by atoms with Crippen LogP contribution < -0.4 is 5.32 Å². The molecule has 4 aliphatic carbocycles. The number of rotatable bonds is 9. The minimum absolute atomic E-state index is 0.0790. The van der Waals surface area contributed by atoms with E-state index in [0.717, 1.165) is 0 Å². The van der Waals surface area contributed by atoms with E-state index in [4.69, 9.17) is 18.9 Å². The van der Waals surface area contributed by atoms with E-state index >= 15 is 0 Å². The number of hydrogen-bond acceptors (Lipinski definition) is 13. The summed E-state index contributed by atoms with van der Waals surface area (Å²) in [4.78, 5) is 54.5. The summed E-state index contributed by atoms with van der Waals surface area (Å²) in [5, 5.41) is 63.9. The third-order valence-corrected chi connectivity index (χ3v) is 12.7. The molecule has 6 N–H and O–H groups in total. The molecule has 4 aliphatic rings. The normalized spacial score (nSPS) is 34.2. The zero-order chi connectivity index (χ0) is 41.9. The highest BCUT2D eigenvalue weighted by atomic mass is 16.6. The van der Waals surface area contributed by atoms with E-state index < -0.39 is 106 Å². The van der Waals surface area contributed by atoms with E-state index in [1.54, 1.807) is 95.3 Å². The average Bonchev–Trinajstić information content (AvgIpc) is 3.13. The van der Waals surface area contributed by atoms with Crippen LogP contribution in [0.5, 0.6) is 0 Å². The molecular weight excluding hydrogens is 738 g/mol. The molecule has 0 aromatic heterocycles. The standard InChI is InChI=1S/C43H55NO13/c1-23-28(55-37(50)33(48)31(26-16-12-9-13-17-26)44-38(51)57-39(3,4)5)21-42(52)36(54-22-25-14-10-8-11-15-25)34-41(56-24(2)45)19-18-27(41)20-29(46)43(34,53)35(49)32(47)30(23)40(42,6)7/h8-17,27-29,31-34,36,46-48,52-53H,18-22H2,1-7H3,(H,44,51)/t27-,28+,29+,31+,32-,33-,34?,36+,41+,42-,43+/m1/s1. The first-order valence-electron chi connectivity index (χ1n) is 19.4. The molecular formula is C43H55NO13. The van der Waals surface area contributed by atoms with Gasteiger partial charge in [-0.15, -0.1) is 0 Å². The topological polar surface area (TPSA) is 218 Å². The Bertz CT molecular complexity index is 1890. The molecule has 2 bridgehead atoms. The zero-order valence-corrected chi connectivity index (χ0v) is 33.4. The number of esters is 2. The first-order chi connectivity index (χ1) is 26.6. The van der Waals surface area contributed by atoms with Crippen molar-refractivity contribution < 1.29 is 63.7 Å². The number of fused-ring (bicyclic) bond motifs is 5. The number of benzene rings is 2. The molecule has 0 spiro atoms. The van der Waals surface area contributed by atoms with Crippen molar-refractivity contribution in [2.24, 2.45) is 17.3 Å². The lowest BCUT2D eigenvalue weighted by Gasteiger charge is -2.67. The molecule has 1 amide bonds. The Morgan fingerprint density at radius 1 is 0.982 bits per heavy atom. The molecule has 14 heteroatoms. The fourth-order valence-corrected chi connectivity index (χ4v) is 9.81. The first kappa shape index (κ1) is 42.4. The van der Waals surface area contributed by atoms with Crippen LogP contribution in [0.15, 0.2) is 71.8 Å². The molecule has 310 valence electrons. The van der Waals surface area contributed by atoms with Gasteiger partial charge >= 0.3 is 18.0 Å². The predicted octanol–water partition coefficient (Wildman–Crippen LogP) is 3.36. The second-order valence-electron chi connectivity index (χ2n) is 17.6. The highest BCUT2D eigenvalue weighted by molar-refractivity contribution is 5.95. The summed E-state index contributed by atoms with van der Waals surface area (Å²) in [6.07, 6.45) is -9.69. The number of Topliss-reactive ketones (excluding diaryl/α,β-unsaturated/α-hetero) is 1. The van der Waals surface area contributed by atoms with Gasteiger partial charge in [0.1, 0.15) is 29.0 Å². The number of carbonyl (C=O) groups excluding carboxylic acids is 4. The molecule has 11 atom stereocenters. The van der Waals surface area contributed by atoms with Crippen molar-refractivity contribution in [1.29, 1.82) is 0 Å². The second-order valence-corrected chi connectivity index (χ2v) is 17.6. The molecule has 3 fully saturated rings. The van der Waals surface area contributed by atoms with Crippen LogP contribution in [-0.2, 0) is 39.9 Å². The van der Waals surface area contributed by atoms with E-state index in [1.165, 1.54) is 13.8 Å². The lowest BCUT2D eigenvalue weighted by atomic mass is 9.43. The number of amides is 1. The highest BCUT2D eigenvalue weighted by Gasteiger charge is 2.77. The summed E-state index contributed by atoms with van der Waals surface area (Å²) in [6, 6.07) is 15.8. The van der Waals surface area contributed by atoms with Gasteiger partial charge in [-0.2, -0.15) is 0 Å². The Morgan fingerprint density at radius 3 is 2.16 bits per heavy atom. The third kappa shape index (κ3) is 7.29. The van der Waals surface area contributed by atoms with Gasteiger partial charge in [0, 0.05) is 24.7 Å². The molecule has 0 heterocycles. The van der Waals surface area contributed by atoms with E-state index in [0.29, 0.717) is 17.5 Å². The summed E-state index contributed by atoms with van der Waals surface area (Å²) >= 11 is 0. The summed E-state index contributed by atoms with van der Waals surface area (Å²) in [6.45, 7) is 10.7. The van der Waals surface area contributed by atoms with Gasteiger partial charge < -0.3 is 49.8 Å². The highest BCUT2D eigenvalue weighted by Crippen LogP contribution is 2.65. The van der Waals surface area contributed by atoms with Crippen molar-refractivity contribution in [3.63, 3.8) is 0 Å². The molecule has 2 aromatic rings. The Hall–Kier alpha value is -4.18. The Labute approximate surface area is 332 Å². The fourth-order valence-electron chi connectivity index (χ4n) is 9.81. The van der Waals surface area contributed by atoms with Gasteiger partial charge in [0.2, 0.25) is 0 Å². The predicted molar refractivity (Wildman–Crippen MR) is 203 cm³/mol. The molecule has 6 rings (SSSR count). The van der Waals surface area contributed by atoms with Crippen molar-refractivity contribution in [3.05, 3.63) is 82.9 Å². The molecule has 0 radical (unpaired) electrons. The summed E-state index contributed by atoms with van der Waals surface area (Å²) < 4.78 is 24.1. The van der Waals surface area contributed by atoms with Crippen molar-refractivity contribution in [1.82, 2.24) is 5.32 Å². The Morgan fingerprint density at radius 2 is 1.60 bits per heavy atom. The second kappa shape index (κ2) is 15.2. The van der Waals surface area contributed by atoms with Gasteiger partial charge in [-0.3, -0.25) is 9.59 Å². The fraction of sp³-hybridized carbons (Fsp3) is 0.581. The lowest BCUT2D eigenvalue weighted by Crippen LogP contribution is -2.81.